The van der Waals surface area contributed by atoms with Crippen molar-refractivity contribution in [3.05, 3.63) is 0 Å². The Morgan fingerprint density at radius 1 is 1.43 bits per heavy atom. The molecule has 120 valence electrons. The van der Waals surface area contributed by atoms with Gasteiger partial charge in [0.1, 0.15) is 6.10 Å². The predicted molar refractivity (Wildman–Crippen MR) is 76.0 cm³/mol. The minimum atomic E-state index is -0.925. The number of carbonyl (C=O) groups excluding carboxylic acids is 1. The van der Waals surface area contributed by atoms with Crippen molar-refractivity contribution < 1.29 is 24.2 Å². The summed E-state index contributed by atoms with van der Waals surface area (Å²) in [6.45, 7) is 2.65. The van der Waals surface area contributed by atoms with Gasteiger partial charge in [-0.1, -0.05) is 19.8 Å². The Hall–Kier alpha value is -1.14. The molecule has 1 amide bonds. The molecule has 2 rings (SSSR count). The lowest BCUT2D eigenvalue weighted by atomic mass is 9.94. The molecule has 2 fully saturated rings. The quantitative estimate of drug-likeness (QED) is 0.743. The van der Waals surface area contributed by atoms with Crippen LogP contribution in [-0.2, 0) is 19.1 Å². The second-order valence-corrected chi connectivity index (χ2v) is 6.08. The molecule has 0 bridgehead atoms. The SMILES string of the molecule is CCC(OC1CCCC1)C(=O)NC1(CC(=O)O)CCOC1. The van der Waals surface area contributed by atoms with E-state index in [0.717, 1.165) is 25.7 Å². The highest BCUT2D eigenvalue weighted by Gasteiger charge is 2.40. The molecular formula is C15H25NO5. The molecule has 6 heteroatoms. The fraction of sp³-hybridized carbons (Fsp3) is 0.867. The summed E-state index contributed by atoms with van der Waals surface area (Å²) in [5, 5.41) is 11.9. The Labute approximate surface area is 125 Å². The Balaban J connectivity index is 1.94. The minimum absolute atomic E-state index is 0.112. The zero-order valence-electron chi connectivity index (χ0n) is 12.6. The van der Waals surface area contributed by atoms with Crippen LogP contribution in [0.15, 0.2) is 0 Å². The Bertz CT molecular complexity index is 372. The van der Waals surface area contributed by atoms with E-state index in [2.05, 4.69) is 5.32 Å². The number of hydrogen-bond donors (Lipinski definition) is 2. The van der Waals surface area contributed by atoms with Crippen molar-refractivity contribution >= 4 is 11.9 Å². The second kappa shape index (κ2) is 7.22. The maximum Gasteiger partial charge on any atom is 0.305 e. The van der Waals surface area contributed by atoms with Crippen LogP contribution < -0.4 is 5.32 Å². The number of nitrogens with one attached hydrogen (secondary N) is 1. The molecule has 2 aliphatic rings. The zero-order chi connectivity index (χ0) is 15.3. The van der Waals surface area contributed by atoms with Gasteiger partial charge in [-0.3, -0.25) is 9.59 Å². The van der Waals surface area contributed by atoms with Crippen LogP contribution in [0.4, 0.5) is 0 Å². The Morgan fingerprint density at radius 3 is 2.67 bits per heavy atom. The van der Waals surface area contributed by atoms with Gasteiger partial charge >= 0.3 is 5.97 Å². The third-order valence-electron chi connectivity index (χ3n) is 4.30. The topological polar surface area (TPSA) is 84.9 Å². The first-order valence-corrected chi connectivity index (χ1v) is 7.82. The maximum absolute atomic E-state index is 12.4. The summed E-state index contributed by atoms with van der Waals surface area (Å²) in [5.74, 6) is -1.14. The Kier molecular flexibility index (Phi) is 5.58. The van der Waals surface area contributed by atoms with Crippen LogP contribution in [0.5, 0.6) is 0 Å². The first-order valence-electron chi connectivity index (χ1n) is 7.82. The van der Waals surface area contributed by atoms with Crippen LogP contribution in [0.25, 0.3) is 0 Å². The summed E-state index contributed by atoms with van der Waals surface area (Å²) in [5.41, 5.74) is -0.782. The van der Waals surface area contributed by atoms with Gasteiger partial charge in [0.25, 0.3) is 0 Å². The van der Waals surface area contributed by atoms with Crippen LogP contribution in [0.2, 0.25) is 0 Å². The summed E-state index contributed by atoms with van der Waals surface area (Å²) in [6, 6.07) is 0. The van der Waals surface area contributed by atoms with E-state index in [4.69, 9.17) is 14.6 Å². The molecule has 0 aromatic carbocycles. The van der Waals surface area contributed by atoms with Crippen LogP contribution in [0.1, 0.15) is 51.9 Å². The van der Waals surface area contributed by atoms with Gasteiger partial charge in [-0.15, -0.1) is 0 Å². The normalized spacial score (nSPS) is 27.7. The van der Waals surface area contributed by atoms with Crippen molar-refractivity contribution in [1.82, 2.24) is 5.32 Å². The number of carboxylic acid groups (broad SMARTS) is 1. The average Bonchev–Trinajstić information content (AvgIpc) is 3.07. The number of ether oxygens (including phenoxy) is 2. The van der Waals surface area contributed by atoms with Gasteiger partial charge in [0.05, 0.1) is 24.7 Å². The number of aliphatic carboxylic acids is 1. The second-order valence-electron chi connectivity index (χ2n) is 6.08. The van der Waals surface area contributed by atoms with Crippen molar-refractivity contribution in [3.63, 3.8) is 0 Å². The molecule has 1 aliphatic carbocycles. The third kappa shape index (κ3) is 4.41. The number of carbonyl (C=O) groups is 2. The number of rotatable bonds is 7. The monoisotopic (exact) mass is 299 g/mol. The summed E-state index contributed by atoms with van der Waals surface area (Å²) in [7, 11) is 0. The van der Waals surface area contributed by atoms with Gasteiger partial charge in [0.2, 0.25) is 5.91 Å². The van der Waals surface area contributed by atoms with E-state index < -0.39 is 17.6 Å². The van der Waals surface area contributed by atoms with E-state index in [0.29, 0.717) is 19.4 Å². The fourth-order valence-corrected chi connectivity index (χ4v) is 3.12. The molecule has 2 N–H and O–H groups in total. The van der Waals surface area contributed by atoms with Crippen LogP contribution in [0, 0.1) is 0 Å². The molecule has 1 saturated carbocycles. The van der Waals surface area contributed by atoms with E-state index in [1.54, 1.807) is 0 Å². The molecule has 21 heavy (non-hydrogen) atoms. The molecular weight excluding hydrogens is 274 g/mol. The van der Waals surface area contributed by atoms with Crippen molar-refractivity contribution in [2.24, 2.45) is 0 Å². The fourth-order valence-electron chi connectivity index (χ4n) is 3.12. The predicted octanol–water partition coefficient (Wildman–Crippen LogP) is 1.47. The van der Waals surface area contributed by atoms with Crippen LogP contribution >= 0.6 is 0 Å². The molecule has 2 atom stereocenters. The molecule has 0 aromatic heterocycles. The molecule has 1 saturated heterocycles. The van der Waals surface area contributed by atoms with Crippen molar-refractivity contribution in [2.75, 3.05) is 13.2 Å². The van der Waals surface area contributed by atoms with Crippen molar-refractivity contribution in [3.8, 4) is 0 Å². The highest BCUT2D eigenvalue weighted by Crippen LogP contribution is 2.25. The first-order chi connectivity index (χ1) is 10.0. The van der Waals surface area contributed by atoms with E-state index in [-0.39, 0.29) is 25.0 Å². The lowest BCUT2D eigenvalue weighted by Crippen LogP contribution is -2.54. The van der Waals surface area contributed by atoms with Crippen LogP contribution in [0.3, 0.4) is 0 Å². The Morgan fingerprint density at radius 2 is 2.14 bits per heavy atom. The molecule has 0 spiro atoms. The largest absolute Gasteiger partial charge is 0.481 e. The smallest absolute Gasteiger partial charge is 0.305 e. The number of hydrogen-bond acceptors (Lipinski definition) is 4. The highest BCUT2D eigenvalue weighted by molar-refractivity contribution is 5.82. The molecule has 0 aromatic rings. The standard InChI is InChI=1S/C15H25NO5/c1-2-12(21-11-5-3-4-6-11)14(19)16-15(9-13(17)18)7-8-20-10-15/h11-12H,2-10H2,1H3,(H,16,19)(H,17,18). The summed E-state index contributed by atoms with van der Waals surface area (Å²) < 4.78 is 11.2. The van der Waals surface area contributed by atoms with Crippen molar-refractivity contribution in [2.45, 2.75) is 69.6 Å². The van der Waals surface area contributed by atoms with E-state index in [9.17, 15) is 9.59 Å². The molecule has 0 radical (unpaired) electrons. The van der Waals surface area contributed by atoms with Crippen LogP contribution in [-0.4, -0.2) is 47.9 Å². The summed E-state index contributed by atoms with van der Waals surface area (Å²) >= 11 is 0. The first kappa shape index (κ1) is 16.2. The maximum atomic E-state index is 12.4. The van der Waals surface area contributed by atoms with Crippen molar-refractivity contribution in [1.29, 1.82) is 0 Å². The number of carboxylic acids is 1. The van der Waals surface area contributed by atoms with E-state index in [1.807, 2.05) is 6.92 Å². The minimum Gasteiger partial charge on any atom is -0.481 e. The summed E-state index contributed by atoms with van der Waals surface area (Å²) in [6.07, 6.45) is 4.99. The number of amides is 1. The molecule has 1 aliphatic heterocycles. The van der Waals surface area contributed by atoms with Gasteiger partial charge in [-0.2, -0.15) is 0 Å². The molecule has 6 nitrogen and oxygen atoms in total. The zero-order valence-corrected chi connectivity index (χ0v) is 12.6. The lowest BCUT2D eigenvalue weighted by Gasteiger charge is -2.30. The van der Waals surface area contributed by atoms with Gasteiger partial charge < -0.3 is 19.9 Å². The third-order valence-corrected chi connectivity index (χ3v) is 4.30. The molecule has 1 heterocycles. The lowest BCUT2D eigenvalue weighted by molar-refractivity contribution is -0.142. The van der Waals surface area contributed by atoms with E-state index in [1.165, 1.54) is 0 Å². The van der Waals surface area contributed by atoms with E-state index >= 15 is 0 Å². The van der Waals surface area contributed by atoms with Gasteiger partial charge in [0, 0.05) is 6.61 Å². The highest BCUT2D eigenvalue weighted by atomic mass is 16.5. The molecule has 2 unspecified atom stereocenters. The van der Waals surface area contributed by atoms with Gasteiger partial charge in [-0.05, 0) is 25.7 Å². The van der Waals surface area contributed by atoms with Gasteiger partial charge in [0.15, 0.2) is 0 Å². The van der Waals surface area contributed by atoms with Gasteiger partial charge in [-0.25, -0.2) is 0 Å². The summed E-state index contributed by atoms with van der Waals surface area (Å²) in [4.78, 5) is 23.4. The average molecular weight is 299 g/mol.